The van der Waals surface area contributed by atoms with Crippen LogP contribution in [0, 0.1) is 13.8 Å². The summed E-state index contributed by atoms with van der Waals surface area (Å²) in [5.74, 6) is 0. The molecule has 86 valence electrons. The molecule has 0 saturated carbocycles. The monoisotopic (exact) mass is 237 g/mol. The van der Waals surface area contributed by atoms with Gasteiger partial charge in [-0.3, -0.25) is 4.68 Å². The highest BCUT2D eigenvalue weighted by molar-refractivity contribution is 7.11. The lowest BCUT2D eigenvalue weighted by atomic mass is 10.3. The molecule has 0 radical (unpaired) electrons. The molecule has 0 fully saturated rings. The van der Waals surface area contributed by atoms with E-state index in [1.54, 1.807) is 17.5 Å². The van der Waals surface area contributed by atoms with Crippen LogP contribution in [0.4, 0.5) is 0 Å². The Bertz CT molecular complexity index is 475. The molecule has 5 heteroatoms. The Balaban J connectivity index is 2.11. The van der Waals surface area contributed by atoms with E-state index in [4.69, 9.17) is 5.11 Å². The Hall–Kier alpha value is -1.20. The maximum Gasteiger partial charge on any atom is 0.0900 e. The summed E-state index contributed by atoms with van der Waals surface area (Å²) in [6.45, 7) is 4.98. The zero-order valence-electron chi connectivity index (χ0n) is 9.47. The Morgan fingerprint density at radius 1 is 1.44 bits per heavy atom. The van der Waals surface area contributed by atoms with Gasteiger partial charge in [0.2, 0.25) is 0 Å². The van der Waals surface area contributed by atoms with Crippen molar-refractivity contribution >= 4 is 11.3 Å². The summed E-state index contributed by atoms with van der Waals surface area (Å²) in [6, 6.07) is 0. The SMILES string of the molecule is Cc1nc(C)c(Cn2cc(CCO)cn2)s1. The van der Waals surface area contributed by atoms with Gasteiger partial charge < -0.3 is 5.11 Å². The number of rotatable bonds is 4. The molecule has 0 amide bonds. The summed E-state index contributed by atoms with van der Waals surface area (Å²) >= 11 is 1.71. The van der Waals surface area contributed by atoms with Crippen molar-refractivity contribution in [1.29, 1.82) is 0 Å². The quantitative estimate of drug-likeness (QED) is 0.877. The molecule has 4 nitrogen and oxygen atoms in total. The van der Waals surface area contributed by atoms with Gasteiger partial charge in [0.05, 0.1) is 23.4 Å². The summed E-state index contributed by atoms with van der Waals surface area (Å²) in [4.78, 5) is 5.63. The largest absolute Gasteiger partial charge is 0.396 e. The standard InChI is InChI=1S/C11H15N3OS/c1-8-11(16-9(2)13-8)7-14-6-10(3-4-15)5-12-14/h5-6,15H,3-4,7H2,1-2H3. The number of thiazole rings is 1. The molecule has 1 N–H and O–H groups in total. The van der Waals surface area contributed by atoms with Gasteiger partial charge in [-0.05, 0) is 25.8 Å². The van der Waals surface area contributed by atoms with Gasteiger partial charge in [-0.25, -0.2) is 4.98 Å². The normalized spacial score (nSPS) is 10.9. The topological polar surface area (TPSA) is 50.9 Å². The van der Waals surface area contributed by atoms with Crippen LogP contribution < -0.4 is 0 Å². The Labute approximate surface area is 98.6 Å². The maximum atomic E-state index is 8.82. The van der Waals surface area contributed by atoms with E-state index in [2.05, 4.69) is 10.1 Å². The number of aromatic nitrogens is 3. The predicted octanol–water partition coefficient (Wildman–Crippen LogP) is 1.54. The van der Waals surface area contributed by atoms with Crippen molar-refractivity contribution in [2.75, 3.05) is 6.61 Å². The molecule has 0 saturated heterocycles. The minimum atomic E-state index is 0.171. The van der Waals surface area contributed by atoms with E-state index in [1.807, 2.05) is 24.7 Å². The second-order valence-corrected chi connectivity index (χ2v) is 5.05. The number of aliphatic hydroxyl groups is 1. The highest BCUT2D eigenvalue weighted by Crippen LogP contribution is 2.18. The van der Waals surface area contributed by atoms with Crippen LogP contribution in [-0.4, -0.2) is 26.5 Å². The molecule has 0 aliphatic rings. The lowest BCUT2D eigenvalue weighted by molar-refractivity contribution is 0.299. The Kier molecular flexibility index (Phi) is 3.36. The van der Waals surface area contributed by atoms with Crippen molar-refractivity contribution in [2.45, 2.75) is 26.8 Å². The van der Waals surface area contributed by atoms with Crippen LogP contribution in [0.3, 0.4) is 0 Å². The van der Waals surface area contributed by atoms with Crippen molar-refractivity contribution in [3.05, 3.63) is 33.5 Å². The average molecular weight is 237 g/mol. The van der Waals surface area contributed by atoms with Crippen LogP contribution in [0.15, 0.2) is 12.4 Å². The van der Waals surface area contributed by atoms with Crippen LogP contribution in [0.2, 0.25) is 0 Å². The van der Waals surface area contributed by atoms with Crippen molar-refractivity contribution < 1.29 is 5.11 Å². The van der Waals surface area contributed by atoms with Crippen molar-refractivity contribution in [2.24, 2.45) is 0 Å². The highest BCUT2D eigenvalue weighted by Gasteiger charge is 2.06. The first-order valence-corrected chi connectivity index (χ1v) is 6.06. The van der Waals surface area contributed by atoms with Crippen molar-refractivity contribution in [3.8, 4) is 0 Å². The van der Waals surface area contributed by atoms with E-state index >= 15 is 0 Å². The minimum Gasteiger partial charge on any atom is -0.396 e. The zero-order valence-corrected chi connectivity index (χ0v) is 10.3. The summed E-state index contributed by atoms with van der Waals surface area (Å²) in [6.07, 6.45) is 4.45. The fraction of sp³-hybridized carbons (Fsp3) is 0.455. The lowest BCUT2D eigenvalue weighted by Gasteiger charge is -1.98. The van der Waals surface area contributed by atoms with Crippen LogP contribution >= 0.6 is 11.3 Å². The summed E-state index contributed by atoms with van der Waals surface area (Å²) < 4.78 is 1.89. The zero-order chi connectivity index (χ0) is 11.5. The van der Waals surface area contributed by atoms with E-state index < -0.39 is 0 Å². The molecule has 2 aromatic heterocycles. The number of hydrogen-bond acceptors (Lipinski definition) is 4. The summed E-state index contributed by atoms with van der Waals surface area (Å²) in [7, 11) is 0. The van der Waals surface area contributed by atoms with Gasteiger partial charge in [-0.15, -0.1) is 11.3 Å². The molecular weight excluding hydrogens is 222 g/mol. The third-order valence-corrected chi connectivity index (χ3v) is 3.45. The molecule has 2 aromatic rings. The molecule has 0 aliphatic heterocycles. The molecule has 0 bridgehead atoms. The highest BCUT2D eigenvalue weighted by atomic mass is 32.1. The second-order valence-electron chi connectivity index (χ2n) is 3.76. The van der Waals surface area contributed by atoms with Gasteiger partial charge in [0, 0.05) is 17.7 Å². The van der Waals surface area contributed by atoms with Crippen molar-refractivity contribution in [3.63, 3.8) is 0 Å². The number of hydrogen-bond donors (Lipinski definition) is 1. The van der Waals surface area contributed by atoms with E-state index in [9.17, 15) is 0 Å². The first-order valence-electron chi connectivity index (χ1n) is 5.24. The third kappa shape index (κ3) is 2.48. The van der Waals surface area contributed by atoms with Gasteiger partial charge in [-0.1, -0.05) is 0 Å². The molecule has 0 aromatic carbocycles. The summed E-state index contributed by atoms with van der Waals surface area (Å²) in [5, 5.41) is 14.2. The smallest absolute Gasteiger partial charge is 0.0900 e. The minimum absolute atomic E-state index is 0.171. The van der Waals surface area contributed by atoms with Crippen LogP contribution in [-0.2, 0) is 13.0 Å². The molecular formula is C11H15N3OS. The number of nitrogens with zero attached hydrogens (tertiary/aromatic N) is 3. The second kappa shape index (κ2) is 4.76. The van der Waals surface area contributed by atoms with Gasteiger partial charge >= 0.3 is 0 Å². The molecule has 0 spiro atoms. The van der Waals surface area contributed by atoms with E-state index in [0.29, 0.717) is 6.42 Å². The first-order chi connectivity index (χ1) is 7.69. The van der Waals surface area contributed by atoms with Gasteiger partial charge in [0.15, 0.2) is 0 Å². The van der Waals surface area contributed by atoms with Crippen LogP contribution in [0.5, 0.6) is 0 Å². The van der Waals surface area contributed by atoms with Gasteiger partial charge in [-0.2, -0.15) is 5.10 Å². The molecule has 2 heterocycles. The Morgan fingerprint density at radius 2 is 2.25 bits per heavy atom. The Morgan fingerprint density at radius 3 is 2.88 bits per heavy atom. The van der Waals surface area contributed by atoms with Gasteiger partial charge in [0.1, 0.15) is 0 Å². The average Bonchev–Trinajstić information content (AvgIpc) is 2.76. The first kappa shape index (κ1) is 11.3. The van der Waals surface area contributed by atoms with Crippen molar-refractivity contribution in [1.82, 2.24) is 14.8 Å². The fourth-order valence-electron chi connectivity index (χ4n) is 1.62. The number of aliphatic hydroxyl groups excluding tert-OH is 1. The molecule has 0 aliphatic carbocycles. The van der Waals surface area contributed by atoms with Crippen LogP contribution in [0.1, 0.15) is 21.1 Å². The molecule has 16 heavy (non-hydrogen) atoms. The third-order valence-electron chi connectivity index (χ3n) is 2.39. The summed E-state index contributed by atoms with van der Waals surface area (Å²) in [5.41, 5.74) is 2.16. The molecule has 0 unspecified atom stereocenters. The molecule has 0 atom stereocenters. The van der Waals surface area contributed by atoms with E-state index in [0.717, 1.165) is 22.8 Å². The lowest BCUT2D eigenvalue weighted by Crippen LogP contribution is -1.99. The maximum absolute atomic E-state index is 8.82. The predicted molar refractivity (Wildman–Crippen MR) is 63.7 cm³/mol. The fourth-order valence-corrected chi connectivity index (χ4v) is 2.55. The number of aryl methyl sites for hydroxylation is 2. The van der Waals surface area contributed by atoms with E-state index in [1.165, 1.54) is 4.88 Å². The van der Waals surface area contributed by atoms with Crippen LogP contribution in [0.25, 0.3) is 0 Å². The van der Waals surface area contributed by atoms with Gasteiger partial charge in [0.25, 0.3) is 0 Å². The molecule has 2 rings (SSSR count). The van der Waals surface area contributed by atoms with E-state index in [-0.39, 0.29) is 6.61 Å².